The summed E-state index contributed by atoms with van der Waals surface area (Å²) >= 11 is 6.22. The maximum absolute atomic E-state index is 6.22. The average Bonchev–Trinajstić information content (AvgIpc) is 2.86. The minimum Gasteiger partial charge on any atom is -0.371 e. The molecule has 3 heterocycles. The third-order valence-corrected chi connectivity index (χ3v) is 4.10. The second-order valence-electron chi connectivity index (χ2n) is 4.93. The van der Waals surface area contributed by atoms with Crippen molar-refractivity contribution >= 4 is 28.2 Å². The summed E-state index contributed by atoms with van der Waals surface area (Å²) < 4.78 is 2.18. The lowest BCUT2D eigenvalue weighted by Crippen LogP contribution is -2.22. The van der Waals surface area contributed by atoms with Crippen LogP contribution in [0.5, 0.6) is 0 Å². The molecule has 3 aromatic rings. The fraction of sp³-hybridized carbons (Fsp3) is 0.200. The number of aromatic nitrogens is 3. The average molecular weight is 285 g/mol. The molecule has 4 rings (SSSR count). The van der Waals surface area contributed by atoms with Gasteiger partial charge in [0.15, 0.2) is 11.0 Å². The van der Waals surface area contributed by atoms with Crippen LogP contribution in [-0.2, 0) is 0 Å². The third kappa shape index (κ3) is 1.48. The summed E-state index contributed by atoms with van der Waals surface area (Å²) in [5.41, 5.74) is 3.18. The Morgan fingerprint density at radius 3 is 3.00 bits per heavy atom. The molecule has 0 amide bonds. The number of fused-ring (bicyclic) bond motifs is 5. The number of halogens is 1. The first kappa shape index (κ1) is 11.7. The molecule has 5 heteroatoms. The lowest BCUT2D eigenvalue weighted by Gasteiger charge is -2.28. The van der Waals surface area contributed by atoms with Crippen LogP contribution in [0.25, 0.3) is 16.7 Å². The van der Waals surface area contributed by atoms with Gasteiger partial charge in [-0.25, -0.2) is 9.97 Å². The van der Waals surface area contributed by atoms with Crippen LogP contribution in [-0.4, -0.2) is 14.5 Å². The van der Waals surface area contributed by atoms with Gasteiger partial charge >= 0.3 is 0 Å². The number of para-hydroxylation sites is 1. The molecule has 2 aromatic heterocycles. The van der Waals surface area contributed by atoms with Gasteiger partial charge in [-0.1, -0.05) is 36.7 Å². The van der Waals surface area contributed by atoms with E-state index in [0.29, 0.717) is 5.15 Å². The van der Waals surface area contributed by atoms with Crippen molar-refractivity contribution in [3.63, 3.8) is 0 Å². The second-order valence-corrected chi connectivity index (χ2v) is 5.29. The van der Waals surface area contributed by atoms with Crippen molar-refractivity contribution in [1.29, 1.82) is 0 Å². The van der Waals surface area contributed by atoms with Gasteiger partial charge in [0.2, 0.25) is 0 Å². The topological polar surface area (TPSA) is 42.7 Å². The van der Waals surface area contributed by atoms with E-state index in [1.807, 2.05) is 6.07 Å². The fourth-order valence-corrected chi connectivity index (χ4v) is 3.06. The van der Waals surface area contributed by atoms with Crippen LogP contribution < -0.4 is 5.32 Å². The monoisotopic (exact) mass is 284 g/mol. The smallest absolute Gasteiger partial charge is 0.165 e. The van der Waals surface area contributed by atoms with Crippen LogP contribution >= 0.6 is 11.6 Å². The van der Waals surface area contributed by atoms with E-state index in [-0.39, 0.29) is 6.04 Å². The van der Waals surface area contributed by atoms with Crippen LogP contribution in [0.2, 0.25) is 5.15 Å². The summed E-state index contributed by atoms with van der Waals surface area (Å²) in [5.74, 6) is 0.825. The van der Waals surface area contributed by atoms with Crippen molar-refractivity contribution in [3.05, 3.63) is 47.5 Å². The molecule has 0 fully saturated rings. The predicted octanol–water partition coefficient (Wildman–Crippen LogP) is 3.95. The first-order valence-corrected chi connectivity index (χ1v) is 7.05. The van der Waals surface area contributed by atoms with Crippen LogP contribution in [0, 0.1) is 0 Å². The number of nitrogens with one attached hydrogen (secondary N) is 1. The van der Waals surface area contributed by atoms with Crippen molar-refractivity contribution in [3.8, 4) is 5.82 Å². The molecule has 4 nitrogen and oxygen atoms in total. The van der Waals surface area contributed by atoms with Gasteiger partial charge in [-0.3, -0.25) is 4.57 Å². The van der Waals surface area contributed by atoms with Gasteiger partial charge in [0.1, 0.15) is 12.0 Å². The van der Waals surface area contributed by atoms with E-state index >= 15 is 0 Å². The van der Waals surface area contributed by atoms with Crippen molar-refractivity contribution in [2.45, 2.75) is 19.4 Å². The zero-order valence-electron chi connectivity index (χ0n) is 11.0. The van der Waals surface area contributed by atoms with Gasteiger partial charge in [-0.05, 0) is 18.6 Å². The maximum Gasteiger partial charge on any atom is 0.165 e. The summed E-state index contributed by atoms with van der Waals surface area (Å²) in [5, 5.41) is 5.14. The number of anilines is 1. The summed E-state index contributed by atoms with van der Waals surface area (Å²) in [6.07, 6.45) is 2.48. The van der Waals surface area contributed by atoms with Gasteiger partial charge in [0.25, 0.3) is 0 Å². The highest BCUT2D eigenvalue weighted by Gasteiger charge is 2.27. The molecule has 0 saturated heterocycles. The second kappa shape index (κ2) is 4.21. The zero-order valence-corrected chi connectivity index (χ0v) is 11.7. The van der Waals surface area contributed by atoms with Crippen molar-refractivity contribution in [1.82, 2.24) is 14.5 Å². The molecular formula is C15H13ClN4. The standard InChI is InChI=1S/C15H13ClN4/c1-2-10-12-7-9-5-3-4-6-11(9)20(12)15-13(19-10)14(16)17-8-18-15/h3-8,10,19H,2H2,1H3. The van der Waals surface area contributed by atoms with Crippen LogP contribution in [0.15, 0.2) is 36.7 Å². The zero-order chi connectivity index (χ0) is 13.7. The summed E-state index contributed by atoms with van der Waals surface area (Å²) in [6.45, 7) is 2.16. The molecule has 20 heavy (non-hydrogen) atoms. The molecule has 100 valence electrons. The summed E-state index contributed by atoms with van der Waals surface area (Å²) in [4.78, 5) is 8.49. The molecule has 1 atom stereocenters. The highest BCUT2D eigenvalue weighted by atomic mass is 35.5. The number of nitrogens with zero attached hydrogens (tertiary/aromatic N) is 3. The van der Waals surface area contributed by atoms with Crippen LogP contribution in [0.3, 0.4) is 0 Å². The van der Waals surface area contributed by atoms with Crippen molar-refractivity contribution < 1.29 is 0 Å². The Morgan fingerprint density at radius 1 is 1.30 bits per heavy atom. The molecule has 1 aliphatic rings. The Kier molecular flexibility index (Phi) is 2.47. The van der Waals surface area contributed by atoms with E-state index in [0.717, 1.165) is 23.4 Å². The van der Waals surface area contributed by atoms with Crippen LogP contribution in [0.4, 0.5) is 5.69 Å². The van der Waals surface area contributed by atoms with E-state index in [4.69, 9.17) is 11.6 Å². The molecule has 1 aliphatic heterocycles. The summed E-state index contributed by atoms with van der Waals surface area (Å²) in [7, 11) is 0. The molecule has 0 spiro atoms. The SMILES string of the molecule is CCC1Nc2c(Cl)ncnc2-n2c1cc1ccccc12. The first-order chi connectivity index (χ1) is 9.79. The molecule has 1 unspecified atom stereocenters. The van der Waals surface area contributed by atoms with Gasteiger partial charge in [0, 0.05) is 11.1 Å². The summed E-state index contributed by atoms with van der Waals surface area (Å²) in [6, 6.07) is 10.8. The third-order valence-electron chi connectivity index (χ3n) is 3.82. The molecule has 0 aliphatic carbocycles. The Hall–Kier alpha value is -2.07. The van der Waals surface area contributed by atoms with Gasteiger partial charge in [-0.15, -0.1) is 0 Å². The normalized spacial score (nSPS) is 16.6. The quantitative estimate of drug-likeness (QED) is 0.688. The van der Waals surface area contributed by atoms with E-state index in [1.54, 1.807) is 0 Å². The van der Waals surface area contributed by atoms with Gasteiger partial charge < -0.3 is 5.32 Å². The number of hydrogen-bond donors (Lipinski definition) is 1. The van der Waals surface area contributed by atoms with Crippen molar-refractivity contribution in [2.24, 2.45) is 0 Å². The van der Waals surface area contributed by atoms with Gasteiger partial charge in [0.05, 0.1) is 11.6 Å². The minimum absolute atomic E-state index is 0.221. The van der Waals surface area contributed by atoms with E-state index in [2.05, 4.69) is 51.0 Å². The fourth-order valence-electron chi connectivity index (χ4n) is 2.88. The number of rotatable bonds is 1. The Balaban J connectivity index is 2.12. The number of benzene rings is 1. The van der Waals surface area contributed by atoms with Crippen LogP contribution in [0.1, 0.15) is 25.1 Å². The van der Waals surface area contributed by atoms with E-state index < -0.39 is 0 Å². The van der Waals surface area contributed by atoms with E-state index in [9.17, 15) is 0 Å². The minimum atomic E-state index is 0.221. The molecular weight excluding hydrogens is 272 g/mol. The molecule has 0 radical (unpaired) electrons. The van der Waals surface area contributed by atoms with Crippen molar-refractivity contribution in [2.75, 3.05) is 5.32 Å². The molecule has 0 saturated carbocycles. The number of hydrogen-bond acceptors (Lipinski definition) is 3. The molecule has 0 bridgehead atoms. The first-order valence-electron chi connectivity index (χ1n) is 6.67. The maximum atomic E-state index is 6.22. The Bertz CT molecular complexity index is 809. The molecule has 1 aromatic carbocycles. The van der Waals surface area contributed by atoms with E-state index in [1.165, 1.54) is 17.4 Å². The highest BCUT2D eigenvalue weighted by Crippen LogP contribution is 2.40. The largest absolute Gasteiger partial charge is 0.371 e. The lowest BCUT2D eigenvalue weighted by atomic mass is 10.1. The predicted molar refractivity (Wildman–Crippen MR) is 80.5 cm³/mol. The highest BCUT2D eigenvalue weighted by molar-refractivity contribution is 6.32. The molecule has 1 N–H and O–H groups in total. The van der Waals surface area contributed by atoms with Gasteiger partial charge in [-0.2, -0.15) is 0 Å². The Labute approximate surface area is 121 Å². The lowest BCUT2D eigenvalue weighted by molar-refractivity contribution is 0.682. The Morgan fingerprint density at radius 2 is 2.15 bits per heavy atom.